The number of fused-ring (bicyclic) bond motifs is 2. The van der Waals surface area contributed by atoms with Crippen molar-refractivity contribution in [1.82, 2.24) is 40.1 Å². The first-order chi connectivity index (χ1) is 28.7. The maximum absolute atomic E-state index is 13.4. The minimum Gasteiger partial charge on any atom is -0.369 e. The second kappa shape index (κ2) is 17.6. The van der Waals surface area contributed by atoms with Gasteiger partial charge in [0.2, 0.25) is 12.3 Å². The molecule has 3 fully saturated rings. The van der Waals surface area contributed by atoms with Crippen molar-refractivity contribution >= 4 is 52.2 Å². The fourth-order valence-corrected chi connectivity index (χ4v) is 9.04. The molecule has 4 aliphatic rings. The molecule has 0 aliphatic carbocycles. The van der Waals surface area contributed by atoms with Crippen LogP contribution in [0.1, 0.15) is 53.3 Å². The Morgan fingerprint density at radius 2 is 1.58 bits per heavy atom. The molecule has 310 valence electrons. The fourth-order valence-electron chi connectivity index (χ4n) is 9.04. The highest BCUT2D eigenvalue weighted by atomic mass is 16.6. The van der Waals surface area contributed by atoms with E-state index in [-0.39, 0.29) is 23.4 Å². The summed E-state index contributed by atoms with van der Waals surface area (Å²) in [5.41, 5.74) is 3.85. The highest BCUT2D eigenvalue weighted by Crippen LogP contribution is 2.32. The second-order valence-corrected chi connectivity index (χ2v) is 16.0. The lowest BCUT2D eigenvalue weighted by atomic mass is 9.96. The van der Waals surface area contributed by atoms with Gasteiger partial charge in [-0.2, -0.15) is 5.10 Å². The van der Waals surface area contributed by atoms with E-state index in [4.69, 9.17) is 0 Å². The number of non-ortho nitro benzene ring substituents is 1. The third kappa shape index (κ3) is 8.54. The molecule has 2 N–H and O–H groups in total. The fraction of sp³-hybridized carbons (Fsp3) is 0.476. The van der Waals surface area contributed by atoms with Crippen molar-refractivity contribution < 1.29 is 24.1 Å². The van der Waals surface area contributed by atoms with Crippen molar-refractivity contribution in [3.8, 4) is 11.3 Å². The van der Waals surface area contributed by atoms with Gasteiger partial charge < -0.3 is 14.7 Å². The Bertz CT molecular complexity index is 2210. The Morgan fingerprint density at radius 3 is 2.29 bits per heavy atom. The van der Waals surface area contributed by atoms with Crippen molar-refractivity contribution in [2.75, 3.05) is 94.9 Å². The molecular formula is C42H51N11O6. The van der Waals surface area contributed by atoms with Crippen LogP contribution in [0.4, 0.5) is 17.2 Å². The van der Waals surface area contributed by atoms with Gasteiger partial charge in [-0.25, -0.2) is 4.98 Å². The lowest BCUT2D eigenvalue weighted by Gasteiger charge is -2.40. The monoisotopic (exact) mass is 805 g/mol. The standard InChI is InChI=1S/C42H51N11O6/c1-2-3-37(40(55)44-28-54)52-41(56)33-6-4-31(25-34(33)42(52)57)50-20-18-49(19-21-50)27-29-9-12-47(13-10-29)14-15-48-16-22-51(23-17-48)38-24-30(8-11-43-38)39-35-26-32(53(58)59)5-7-36(35)45-46-39/h4-8,11,24-26,28-29,37H,2-3,9-10,12-23,27H2,1H3,(H,45,46)(H,44,54,55). The van der Waals surface area contributed by atoms with E-state index in [2.05, 4.69) is 45.0 Å². The van der Waals surface area contributed by atoms with E-state index in [0.29, 0.717) is 29.2 Å². The molecule has 6 heterocycles. The summed E-state index contributed by atoms with van der Waals surface area (Å²) in [7, 11) is 0. The number of anilines is 2. The van der Waals surface area contributed by atoms with Crippen molar-refractivity contribution in [2.45, 2.75) is 38.6 Å². The van der Waals surface area contributed by atoms with Gasteiger partial charge in [0.15, 0.2) is 0 Å². The number of rotatable bonds is 14. The summed E-state index contributed by atoms with van der Waals surface area (Å²) in [6.07, 6.45) is 5.30. The van der Waals surface area contributed by atoms with Crippen LogP contribution in [-0.4, -0.2) is 155 Å². The van der Waals surface area contributed by atoms with Crippen LogP contribution in [0.25, 0.3) is 22.2 Å². The molecule has 4 amide bonds. The number of carbonyl (C=O) groups excluding carboxylic acids is 4. The van der Waals surface area contributed by atoms with Gasteiger partial charge in [0.1, 0.15) is 17.6 Å². The lowest BCUT2D eigenvalue weighted by Crippen LogP contribution is -2.50. The topological polar surface area (TPSA) is 184 Å². The summed E-state index contributed by atoms with van der Waals surface area (Å²) < 4.78 is 0. The number of piperidine rings is 1. The number of nitrogens with zero attached hydrogens (tertiary/aromatic N) is 9. The van der Waals surface area contributed by atoms with E-state index < -0.39 is 23.8 Å². The van der Waals surface area contributed by atoms with Gasteiger partial charge in [0.05, 0.1) is 21.6 Å². The van der Waals surface area contributed by atoms with Crippen molar-refractivity contribution in [3.05, 3.63) is 76.0 Å². The minimum atomic E-state index is -1.03. The summed E-state index contributed by atoms with van der Waals surface area (Å²) in [6, 6.07) is 13.0. The normalized spacial score (nSPS) is 19.0. The number of aromatic amines is 1. The number of likely N-dealkylation sites (tertiary alicyclic amines) is 1. The molecule has 2 aromatic heterocycles. The zero-order chi connectivity index (χ0) is 41.0. The van der Waals surface area contributed by atoms with Crippen LogP contribution in [0.5, 0.6) is 0 Å². The molecule has 3 saturated heterocycles. The van der Waals surface area contributed by atoms with Crippen LogP contribution < -0.4 is 15.1 Å². The molecule has 59 heavy (non-hydrogen) atoms. The zero-order valence-corrected chi connectivity index (χ0v) is 33.4. The Balaban J connectivity index is 0.755. The number of nitrogens with one attached hydrogen (secondary N) is 2. The number of piperazine rings is 2. The van der Waals surface area contributed by atoms with Gasteiger partial charge in [0.25, 0.3) is 17.5 Å². The third-order valence-corrected chi connectivity index (χ3v) is 12.4. The Morgan fingerprint density at radius 1 is 0.881 bits per heavy atom. The van der Waals surface area contributed by atoms with Crippen molar-refractivity contribution in [3.63, 3.8) is 0 Å². The van der Waals surface area contributed by atoms with Gasteiger partial charge in [-0.3, -0.25) is 54.4 Å². The van der Waals surface area contributed by atoms with Crippen LogP contribution in [0.3, 0.4) is 0 Å². The van der Waals surface area contributed by atoms with E-state index in [1.54, 1.807) is 30.5 Å². The molecule has 2 aromatic carbocycles. The Kier molecular flexibility index (Phi) is 11.9. The highest BCUT2D eigenvalue weighted by Gasteiger charge is 2.43. The molecule has 0 bridgehead atoms. The van der Waals surface area contributed by atoms with Gasteiger partial charge >= 0.3 is 0 Å². The molecule has 4 aliphatic heterocycles. The van der Waals surface area contributed by atoms with Crippen LogP contribution in [0.15, 0.2) is 54.7 Å². The summed E-state index contributed by atoms with van der Waals surface area (Å²) in [6.45, 7) is 14.5. The number of carbonyl (C=O) groups is 4. The van der Waals surface area contributed by atoms with E-state index >= 15 is 0 Å². The smallest absolute Gasteiger partial charge is 0.270 e. The number of pyridine rings is 1. The summed E-state index contributed by atoms with van der Waals surface area (Å²) in [5, 5.41) is 21.7. The van der Waals surface area contributed by atoms with E-state index in [1.165, 1.54) is 18.9 Å². The quantitative estimate of drug-likeness (QED) is 0.0821. The largest absolute Gasteiger partial charge is 0.369 e. The molecule has 8 rings (SSSR count). The van der Waals surface area contributed by atoms with E-state index in [0.717, 1.165) is 118 Å². The number of nitro benzene ring substituents is 1. The lowest BCUT2D eigenvalue weighted by molar-refractivity contribution is -0.384. The SMILES string of the molecule is CCCC(C(=O)NC=O)N1C(=O)c2ccc(N3CCN(CC4CCN(CCN5CCN(c6cc(-c7n[nH]c8ccc([N+](=O)[O-])cc78)ccn6)CC5)CC4)CC3)cc2C1=O. The number of benzene rings is 2. The molecule has 0 spiro atoms. The first kappa shape index (κ1) is 40.0. The third-order valence-electron chi connectivity index (χ3n) is 12.4. The average Bonchev–Trinajstić information content (AvgIpc) is 3.80. The predicted octanol–water partition coefficient (Wildman–Crippen LogP) is 3.23. The van der Waals surface area contributed by atoms with Crippen LogP contribution in [0.2, 0.25) is 0 Å². The van der Waals surface area contributed by atoms with E-state index in [9.17, 15) is 29.3 Å². The molecule has 0 saturated carbocycles. The summed E-state index contributed by atoms with van der Waals surface area (Å²) in [5.74, 6) is -0.0826. The van der Waals surface area contributed by atoms with Crippen LogP contribution in [-0.2, 0) is 9.59 Å². The van der Waals surface area contributed by atoms with Crippen molar-refractivity contribution in [1.29, 1.82) is 0 Å². The summed E-state index contributed by atoms with van der Waals surface area (Å²) >= 11 is 0. The van der Waals surface area contributed by atoms with E-state index in [1.807, 2.05) is 25.1 Å². The average molecular weight is 806 g/mol. The van der Waals surface area contributed by atoms with Gasteiger partial charge in [-0.1, -0.05) is 13.3 Å². The number of nitro groups is 1. The number of imide groups is 2. The zero-order valence-electron chi connectivity index (χ0n) is 33.4. The first-order valence-corrected chi connectivity index (χ1v) is 20.7. The number of H-pyrrole nitrogens is 1. The molecule has 1 unspecified atom stereocenters. The number of hydrogen-bond donors (Lipinski definition) is 2. The molecule has 17 nitrogen and oxygen atoms in total. The molecule has 4 aromatic rings. The molecule has 1 atom stereocenters. The maximum Gasteiger partial charge on any atom is 0.270 e. The molecule has 17 heteroatoms. The Hall–Kier alpha value is -5.78. The predicted molar refractivity (Wildman–Crippen MR) is 222 cm³/mol. The minimum absolute atomic E-state index is 0.0378. The maximum atomic E-state index is 13.4. The second-order valence-electron chi connectivity index (χ2n) is 16.0. The number of hydrogen-bond acceptors (Lipinski definition) is 13. The molecule has 0 radical (unpaired) electrons. The molecular weight excluding hydrogens is 755 g/mol. The van der Waals surface area contributed by atoms with Crippen LogP contribution >= 0.6 is 0 Å². The van der Waals surface area contributed by atoms with Crippen molar-refractivity contribution in [2.24, 2.45) is 5.92 Å². The Labute approximate surface area is 342 Å². The van der Waals surface area contributed by atoms with Gasteiger partial charge in [-0.05, 0) is 74.7 Å². The number of aromatic nitrogens is 3. The summed E-state index contributed by atoms with van der Waals surface area (Å²) in [4.78, 5) is 79.0. The van der Waals surface area contributed by atoms with Crippen LogP contribution in [0, 0.1) is 16.0 Å². The first-order valence-electron chi connectivity index (χ1n) is 20.7. The highest BCUT2D eigenvalue weighted by molar-refractivity contribution is 6.23. The van der Waals surface area contributed by atoms with Gasteiger partial charge in [0, 0.05) is 107 Å². The van der Waals surface area contributed by atoms with Gasteiger partial charge in [-0.15, -0.1) is 0 Å². The number of amides is 4.